The van der Waals surface area contributed by atoms with E-state index >= 15 is 0 Å². The second kappa shape index (κ2) is 9.29. The van der Waals surface area contributed by atoms with E-state index in [1.807, 2.05) is 46.4 Å². The zero-order valence-corrected chi connectivity index (χ0v) is 20.3. The van der Waals surface area contributed by atoms with Crippen molar-refractivity contribution >= 4 is 33.8 Å². The van der Waals surface area contributed by atoms with Crippen LogP contribution >= 0.6 is 23.6 Å². The lowest BCUT2D eigenvalue weighted by Crippen LogP contribution is -2.36. The summed E-state index contributed by atoms with van der Waals surface area (Å²) in [7, 11) is 0. The van der Waals surface area contributed by atoms with Gasteiger partial charge in [-0.25, -0.2) is 9.67 Å². The number of thiazole rings is 1. The van der Waals surface area contributed by atoms with Crippen LogP contribution in [0.1, 0.15) is 29.3 Å². The smallest absolute Gasteiger partial charge is 0.199 e. The molecule has 0 N–H and O–H groups in total. The first-order chi connectivity index (χ1) is 16.7. The molecular weight excluding hydrogens is 462 g/mol. The summed E-state index contributed by atoms with van der Waals surface area (Å²) in [5, 5.41) is 6.14. The molecule has 34 heavy (non-hydrogen) atoms. The fourth-order valence-electron chi connectivity index (χ4n) is 4.67. The predicted octanol–water partition coefficient (Wildman–Crippen LogP) is 6.17. The van der Waals surface area contributed by atoms with Crippen LogP contribution in [-0.2, 0) is 13.2 Å². The average Bonchev–Trinajstić information content (AvgIpc) is 3.61. The number of fused-ring (bicyclic) bond motifs is 1. The van der Waals surface area contributed by atoms with Crippen LogP contribution in [0.15, 0.2) is 77.4 Å². The van der Waals surface area contributed by atoms with E-state index in [4.69, 9.17) is 26.7 Å². The number of aromatic nitrogens is 4. The molecule has 3 aromatic heterocycles. The Kier molecular flexibility index (Phi) is 5.86. The summed E-state index contributed by atoms with van der Waals surface area (Å²) in [5.41, 5.74) is 2.28. The summed E-state index contributed by atoms with van der Waals surface area (Å²) in [6.45, 7) is 3.31. The first kappa shape index (κ1) is 21.5. The van der Waals surface area contributed by atoms with Crippen molar-refractivity contribution in [2.75, 3.05) is 13.1 Å². The lowest BCUT2D eigenvalue weighted by molar-refractivity contribution is 0.156. The van der Waals surface area contributed by atoms with E-state index in [1.165, 1.54) is 21.7 Å². The molecule has 0 radical (unpaired) electrons. The molecule has 0 spiro atoms. The van der Waals surface area contributed by atoms with Gasteiger partial charge in [-0.3, -0.25) is 9.47 Å². The molecule has 0 aliphatic carbocycles. The van der Waals surface area contributed by atoms with Crippen LogP contribution in [0.2, 0.25) is 0 Å². The molecule has 4 heterocycles. The third-order valence-corrected chi connectivity index (χ3v) is 7.98. The fraction of sp³-hybridized carbons (Fsp3) is 0.269. The minimum atomic E-state index is 0.441. The van der Waals surface area contributed by atoms with Crippen molar-refractivity contribution in [3.05, 3.63) is 88.3 Å². The first-order valence-electron chi connectivity index (χ1n) is 11.6. The summed E-state index contributed by atoms with van der Waals surface area (Å²) in [5.74, 6) is 1.93. The highest BCUT2D eigenvalue weighted by Crippen LogP contribution is 2.33. The fourth-order valence-corrected chi connectivity index (χ4v) is 6.01. The van der Waals surface area contributed by atoms with Crippen LogP contribution in [0.4, 0.5) is 0 Å². The van der Waals surface area contributed by atoms with Gasteiger partial charge < -0.3 is 4.42 Å². The molecule has 0 bridgehead atoms. The Labute approximate surface area is 207 Å². The monoisotopic (exact) mass is 487 g/mol. The van der Waals surface area contributed by atoms with Crippen molar-refractivity contribution in [2.45, 2.75) is 32.0 Å². The van der Waals surface area contributed by atoms with E-state index in [0.29, 0.717) is 23.9 Å². The van der Waals surface area contributed by atoms with Gasteiger partial charge in [-0.2, -0.15) is 0 Å². The predicted molar refractivity (Wildman–Crippen MR) is 137 cm³/mol. The van der Waals surface area contributed by atoms with E-state index in [0.717, 1.165) is 36.6 Å². The van der Waals surface area contributed by atoms with Gasteiger partial charge in [-0.15, -0.1) is 16.4 Å². The Hall–Kier alpha value is -3.07. The van der Waals surface area contributed by atoms with Gasteiger partial charge >= 0.3 is 0 Å². The quantitative estimate of drug-likeness (QED) is 0.268. The van der Waals surface area contributed by atoms with Crippen molar-refractivity contribution in [3.8, 4) is 11.6 Å². The van der Waals surface area contributed by atoms with E-state index in [2.05, 4.69) is 45.9 Å². The van der Waals surface area contributed by atoms with Crippen molar-refractivity contribution in [1.29, 1.82) is 0 Å². The average molecular weight is 488 g/mol. The minimum absolute atomic E-state index is 0.441. The standard InChI is InChI=1S/C26H25N5OS2/c33-26-30(16-19-8-2-1-3-9-19)24(22-12-7-15-32-22)28-31(26)18-29-14-6-10-20(17-29)25-27-21-11-4-5-13-23(21)34-25/h1-5,7-9,11-13,15,20H,6,10,14,16-18H2/t20-/m0/s1. The molecular formula is C26H25N5OS2. The van der Waals surface area contributed by atoms with Crippen LogP contribution < -0.4 is 0 Å². The van der Waals surface area contributed by atoms with Crippen molar-refractivity contribution in [3.63, 3.8) is 0 Å². The highest BCUT2D eigenvalue weighted by atomic mass is 32.1. The van der Waals surface area contributed by atoms with Gasteiger partial charge in [-0.05, 0) is 61.4 Å². The molecule has 2 aromatic carbocycles. The molecule has 0 unspecified atom stereocenters. The highest BCUT2D eigenvalue weighted by Gasteiger charge is 2.25. The highest BCUT2D eigenvalue weighted by molar-refractivity contribution is 7.71. The van der Waals surface area contributed by atoms with Crippen LogP contribution in [0.5, 0.6) is 0 Å². The molecule has 1 fully saturated rings. The molecule has 0 saturated carbocycles. The molecule has 1 atom stereocenters. The lowest BCUT2D eigenvalue weighted by Gasteiger charge is -2.31. The van der Waals surface area contributed by atoms with Gasteiger partial charge in [0.25, 0.3) is 0 Å². The maximum Gasteiger partial charge on any atom is 0.199 e. The number of nitrogens with zero attached hydrogens (tertiary/aromatic N) is 5. The normalized spacial score (nSPS) is 16.9. The molecule has 6 nitrogen and oxygen atoms in total. The van der Waals surface area contributed by atoms with E-state index in [1.54, 1.807) is 6.26 Å². The van der Waals surface area contributed by atoms with Crippen LogP contribution in [0, 0.1) is 4.77 Å². The SMILES string of the molecule is S=c1n(CN2CCC[C@H](c3nc4ccccc4s3)C2)nc(-c2ccco2)n1Cc1ccccc1. The second-order valence-corrected chi connectivity index (χ2v) is 10.2. The van der Waals surface area contributed by atoms with Crippen LogP contribution in [0.25, 0.3) is 21.8 Å². The topological polar surface area (TPSA) is 52.0 Å². The van der Waals surface area contributed by atoms with E-state index < -0.39 is 0 Å². The number of piperidine rings is 1. The Bertz CT molecular complexity index is 1420. The number of hydrogen-bond donors (Lipinski definition) is 0. The molecule has 1 saturated heterocycles. The molecule has 6 rings (SSSR count). The molecule has 8 heteroatoms. The number of furan rings is 1. The molecule has 1 aliphatic heterocycles. The van der Waals surface area contributed by atoms with Gasteiger partial charge in [0.1, 0.15) is 0 Å². The first-order valence-corrected chi connectivity index (χ1v) is 12.8. The van der Waals surface area contributed by atoms with Gasteiger partial charge in [0, 0.05) is 12.5 Å². The molecule has 172 valence electrons. The number of rotatable bonds is 6. The summed E-state index contributed by atoms with van der Waals surface area (Å²) in [6.07, 6.45) is 3.99. The van der Waals surface area contributed by atoms with Crippen molar-refractivity contribution < 1.29 is 4.42 Å². The van der Waals surface area contributed by atoms with E-state index in [-0.39, 0.29) is 0 Å². The Morgan fingerprint density at radius 2 is 1.88 bits per heavy atom. The third-order valence-electron chi connectivity index (χ3n) is 6.35. The zero-order valence-electron chi connectivity index (χ0n) is 18.7. The van der Waals surface area contributed by atoms with Crippen molar-refractivity contribution in [2.24, 2.45) is 0 Å². The lowest BCUT2D eigenvalue weighted by atomic mass is 9.99. The summed E-state index contributed by atoms with van der Waals surface area (Å²) >= 11 is 7.73. The maximum atomic E-state index is 5.91. The number of benzene rings is 2. The van der Waals surface area contributed by atoms with Crippen molar-refractivity contribution in [1.82, 2.24) is 24.2 Å². The molecule has 5 aromatic rings. The summed E-state index contributed by atoms with van der Waals surface area (Å²) < 4.78 is 11.7. The number of para-hydroxylation sites is 1. The number of hydrogen-bond acceptors (Lipinski definition) is 6. The minimum Gasteiger partial charge on any atom is -0.461 e. The molecule has 0 amide bonds. The largest absolute Gasteiger partial charge is 0.461 e. The summed E-state index contributed by atoms with van der Waals surface area (Å²) in [4.78, 5) is 7.37. The van der Waals surface area contributed by atoms with Gasteiger partial charge in [0.2, 0.25) is 0 Å². The Morgan fingerprint density at radius 1 is 1.03 bits per heavy atom. The Balaban J connectivity index is 1.27. The maximum absolute atomic E-state index is 5.91. The molecule has 1 aliphatic rings. The summed E-state index contributed by atoms with van der Waals surface area (Å²) in [6, 6.07) is 22.6. The van der Waals surface area contributed by atoms with Gasteiger partial charge in [0.05, 0.1) is 34.7 Å². The van der Waals surface area contributed by atoms with Gasteiger partial charge in [-0.1, -0.05) is 42.5 Å². The van der Waals surface area contributed by atoms with Crippen LogP contribution in [0.3, 0.4) is 0 Å². The van der Waals surface area contributed by atoms with Gasteiger partial charge in [0.15, 0.2) is 16.4 Å². The third kappa shape index (κ3) is 4.24. The zero-order chi connectivity index (χ0) is 22.9. The Morgan fingerprint density at radius 3 is 2.71 bits per heavy atom. The number of likely N-dealkylation sites (tertiary alicyclic amines) is 1. The van der Waals surface area contributed by atoms with E-state index in [9.17, 15) is 0 Å². The second-order valence-electron chi connectivity index (χ2n) is 8.73. The van der Waals surface area contributed by atoms with Crippen LogP contribution in [-0.4, -0.2) is 37.3 Å².